The second kappa shape index (κ2) is 5.48. The minimum Gasteiger partial charge on any atom is -0.393 e. The van der Waals surface area contributed by atoms with E-state index in [1.165, 1.54) is 0 Å². The van der Waals surface area contributed by atoms with Crippen molar-refractivity contribution in [1.82, 2.24) is 0 Å². The first-order valence-corrected chi connectivity index (χ1v) is 3.97. The summed E-state index contributed by atoms with van der Waals surface area (Å²) in [6.45, 7) is 5.95. The smallest absolute Gasteiger partial charge is 0.0537 e. The molecule has 0 aromatic heterocycles. The number of hydrogen-bond donors (Lipinski definition) is 1. The number of aliphatic hydroxyl groups is 1. The molecule has 10 heavy (non-hydrogen) atoms. The molecule has 2 atom stereocenters. The Labute approximate surface area is 63.8 Å². The minimum atomic E-state index is -0.162. The van der Waals surface area contributed by atoms with Gasteiger partial charge in [-0.3, -0.25) is 0 Å². The number of hydrogen-bond acceptors (Lipinski definition) is 1. The molecular formula is C9H18O. The summed E-state index contributed by atoms with van der Waals surface area (Å²) in [7, 11) is 0. The zero-order valence-corrected chi connectivity index (χ0v) is 7.17. The summed E-state index contributed by atoms with van der Waals surface area (Å²) in [5.74, 6) is 0.427. The van der Waals surface area contributed by atoms with Crippen molar-refractivity contribution in [2.75, 3.05) is 0 Å². The van der Waals surface area contributed by atoms with Gasteiger partial charge in [0.15, 0.2) is 0 Å². The lowest BCUT2D eigenvalue weighted by Crippen LogP contribution is -2.12. The van der Waals surface area contributed by atoms with E-state index in [0.29, 0.717) is 5.92 Å². The molecule has 60 valence electrons. The van der Waals surface area contributed by atoms with Gasteiger partial charge in [0.1, 0.15) is 0 Å². The van der Waals surface area contributed by atoms with Gasteiger partial charge in [0.25, 0.3) is 0 Å². The van der Waals surface area contributed by atoms with Gasteiger partial charge in [-0.1, -0.05) is 19.1 Å². The summed E-state index contributed by atoms with van der Waals surface area (Å²) in [4.78, 5) is 0. The average Bonchev–Trinajstić information content (AvgIpc) is 1.88. The second-order valence-electron chi connectivity index (χ2n) is 2.86. The molecule has 0 saturated heterocycles. The van der Waals surface area contributed by atoms with E-state index < -0.39 is 0 Å². The van der Waals surface area contributed by atoms with Gasteiger partial charge in [-0.25, -0.2) is 0 Å². The molecule has 0 aliphatic carbocycles. The fraction of sp³-hybridized carbons (Fsp3) is 0.778. The first kappa shape index (κ1) is 9.70. The molecule has 0 saturated carbocycles. The van der Waals surface area contributed by atoms with E-state index in [9.17, 15) is 0 Å². The summed E-state index contributed by atoms with van der Waals surface area (Å²) in [6, 6.07) is 0. The quantitative estimate of drug-likeness (QED) is 0.597. The largest absolute Gasteiger partial charge is 0.393 e. The molecule has 0 fully saturated rings. The first-order valence-electron chi connectivity index (χ1n) is 3.97. The Morgan fingerprint density at radius 2 is 2.00 bits per heavy atom. The van der Waals surface area contributed by atoms with Crippen molar-refractivity contribution >= 4 is 0 Å². The van der Waals surface area contributed by atoms with Crippen LogP contribution in [0.4, 0.5) is 0 Å². The maximum Gasteiger partial charge on any atom is 0.0537 e. The van der Waals surface area contributed by atoms with Crippen LogP contribution in [0.3, 0.4) is 0 Å². The molecule has 0 radical (unpaired) electrons. The van der Waals surface area contributed by atoms with Gasteiger partial charge in [0.2, 0.25) is 0 Å². The summed E-state index contributed by atoms with van der Waals surface area (Å²) in [5.41, 5.74) is 0. The minimum absolute atomic E-state index is 0.162. The zero-order chi connectivity index (χ0) is 7.98. The third-order valence-electron chi connectivity index (χ3n) is 1.85. The highest BCUT2D eigenvalue weighted by molar-refractivity contribution is 4.77. The van der Waals surface area contributed by atoms with E-state index in [0.717, 1.165) is 12.8 Å². The highest BCUT2D eigenvalue weighted by atomic mass is 16.3. The summed E-state index contributed by atoms with van der Waals surface area (Å²) in [6.07, 6.45) is 6.20. The van der Waals surface area contributed by atoms with E-state index in [4.69, 9.17) is 5.11 Å². The van der Waals surface area contributed by atoms with Gasteiger partial charge in [-0.15, -0.1) is 0 Å². The zero-order valence-electron chi connectivity index (χ0n) is 7.17. The average molecular weight is 142 g/mol. The first-order chi connectivity index (χ1) is 4.68. The lowest BCUT2D eigenvalue weighted by molar-refractivity contribution is 0.130. The number of rotatable bonds is 4. The molecule has 0 rings (SSSR count). The third kappa shape index (κ3) is 4.57. The van der Waals surface area contributed by atoms with Gasteiger partial charge in [0.05, 0.1) is 6.10 Å². The van der Waals surface area contributed by atoms with Crippen molar-refractivity contribution in [3.05, 3.63) is 12.2 Å². The molecule has 1 nitrogen and oxygen atoms in total. The van der Waals surface area contributed by atoms with E-state index in [1.54, 1.807) is 0 Å². The van der Waals surface area contributed by atoms with E-state index >= 15 is 0 Å². The standard InChI is InChI=1S/C9H18O/c1-4-5-6-7-8(2)9(3)10/h4-5,8-10H,6-7H2,1-3H3/b5-4+/t8-,9-/m1/s1. The predicted molar refractivity (Wildman–Crippen MR) is 44.9 cm³/mol. The fourth-order valence-corrected chi connectivity index (χ4v) is 0.767. The van der Waals surface area contributed by atoms with Crippen LogP contribution in [0.2, 0.25) is 0 Å². The van der Waals surface area contributed by atoms with Gasteiger partial charge in [0, 0.05) is 0 Å². The summed E-state index contributed by atoms with van der Waals surface area (Å²) in [5, 5.41) is 9.10. The maximum absolute atomic E-state index is 9.10. The van der Waals surface area contributed by atoms with E-state index in [-0.39, 0.29) is 6.10 Å². The Balaban J connectivity index is 3.30. The molecular weight excluding hydrogens is 124 g/mol. The molecule has 0 aliphatic heterocycles. The lowest BCUT2D eigenvalue weighted by atomic mass is 10.0. The second-order valence-corrected chi connectivity index (χ2v) is 2.86. The predicted octanol–water partition coefficient (Wildman–Crippen LogP) is 2.36. The summed E-state index contributed by atoms with van der Waals surface area (Å²) >= 11 is 0. The Morgan fingerprint density at radius 3 is 2.40 bits per heavy atom. The van der Waals surface area contributed by atoms with Gasteiger partial charge in [-0.05, 0) is 32.6 Å². The van der Waals surface area contributed by atoms with Crippen molar-refractivity contribution in [2.45, 2.75) is 39.7 Å². The Bertz CT molecular complexity index is 94.9. The summed E-state index contributed by atoms with van der Waals surface area (Å²) < 4.78 is 0. The van der Waals surface area contributed by atoms with E-state index in [1.807, 2.05) is 13.8 Å². The van der Waals surface area contributed by atoms with Crippen LogP contribution in [0.15, 0.2) is 12.2 Å². The van der Waals surface area contributed by atoms with Gasteiger partial charge >= 0.3 is 0 Å². The van der Waals surface area contributed by atoms with Gasteiger partial charge < -0.3 is 5.11 Å². The number of aliphatic hydroxyl groups excluding tert-OH is 1. The molecule has 0 bridgehead atoms. The molecule has 0 spiro atoms. The van der Waals surface area contributed by atoms with Crippen LogP contribution in [0.5, 0.6) is 0 Å². The molecule has 0 amide bonds. The molecule has 0 aromatic carbocycles. The van der Waals surface area contributed by atoms with Crippen LogP contribution in [0, 0.1) is 5.92 Å². The molecule has 0 aliphatic rings. The van der Waals surface area contributed by atoms with Crippen molar-refractivity contribution in [2.24, 2.45) is 5.92 Å². The highest BCUT2D eigenvalue weighted by Crippen LogP contribution is 2.10. The molecule has 0 unspecified atom stereocenters. The van der Waals surface area contributed by atoms with Crippen LogP contribution < -0.4 is 0 Å². The SMILES string of the molecule is C/C=C/CC[C@@H](C)[C@@H](C)O. The highest BCUT2D eigenvalue weighted by Gasteiger charge is 2.05. The topological polar surface area (TPSA) is 20.2 Å². The maximum atomic E-state index is 9.10. The Hall–Kier alpha value is -0.300. The molecule has 1 heteroatoms. The van der Waals surface area contributed by atoms with E-state index in [2.05, 4.69) is 19.1 Å². The Morgan fingerprint density at radius 1 is 1.40 bits per heavy atom. The third-order valence-corrected chi connectivity index (χ3v) is 1.85. The van der Waals surface area contributed by atoms with Crippen molar-refractivity contribution in [1.29, 1.82) is 0 Å². The molecule has 1 N–H and O–H groups in total. The number of allylic oxidation sites excluding steroid dienone is 2. The van der Waals surface area contributed by atoms with Gasteiger partial charge in [-0.2, -0.15) is 0 Å². The normalized spacial score (nSPS) is 17.6. The fourth-order valence-electron chi connectivity index (χ4n) is 0.767. The monoisotopic (exact) mass is 142 g/mol. The van der Waals surface area contributed by atoms with Crippen molar-refractivity contribution in [3.8, 4) is 0 Å². The van der Waals surface area contributed by atoms with Crippen LogP contribution >= 0.6 is 0 Å². The van der Waals surface area contributed by atoms with Crippen LogP contribution in [-0.2, 0) is 0 Å². The van der Waals surface area contributed by atoms with Crippen molar-refractivity contribution in [3.63, 3.8) is 0 Å². The van der Waals surface area contributed by atoms with Crippen LogP contribution in [0.1, 0.15) is 33.6 Å². The Kier molecular flexibility index (Phi) is 5.32. The molecule has 0 aromatic rings. The lowest BCUT2D eigenvalue weighted by Gasteiger charge is -2.12. The molecule has 0 heterocycles. The van der Waals surface area contributed by atoms with Crippen LogP contribution in [0.25, 0.3) is 0 Å². The van der Waals surface area contributed by atoms with Crippen LogP contribution in [-0.4, -0.2) is 11.2 Å². The van der Waals surface area contributed by atoms with Crippen molar-refractivity contribution < 1.29 is 5.11 Å².